The first-order valence-corrected chi connectivity index (χ1v) is 11.1. The van der Waals surface area contributed by atoms with E-state index in [0.29, 0.717) is 0 Å². The lowest BCUT2D eigenvalue weighted by Crippen LogP contribution is -2.45. The van der Waals surface area contributed by atoms with Crippen LogP contribution in [0, 0.1) is 0 Å². The number of nitrogens with two attached hydrogens (primary N) is 1. The molecule has 158 valence electrons. The van der Waals surface area contributed by atoms with E-state index in [1.165, 1.54) is 11.1 Å². The summed E-state index contributed by atoms with van der Waals surface area (Å²) >= 11 is 12.3. The molecule has 2 aliphatic rings. The van der Waals surface area contributed by atoms with Crippen molar-refractivity contribution >= 4 is 34.7 Å². The van der Waals surface area contributed by atoms with Gasteiger partial charge in [0.1, 0.15) is 5.84 Å². The SMILES string of the molecule is CN(CCNC1=NCCc2cc(Cl)ccc21)CC(N)C1=NCCc2cc(Cl)ccc21. The van der Waals surface area contributed by atoms with Gasteiger partial charge in [0, 0.05) is 53.9 Å². The molecule has 2 heterocycles. The van der Waals surface area contributed by atoms with E-state index in [1.807, 2.05) is 36.4 Å². The highest BCUT2D eigenvalue weighted by Gasteiger charge is 2.21. The van der Waals surface area contributed by atoms with E-state index >= 15 is 0 Å². The molecule has 2 aromatic carbocycles. The van der Waals surface area contributed by atoms with Crippen LogP contribution in [0.15, 0.2) is 46.4 Å². The van der Waals surface area contributed by atoms with Gasteiger partial charge in [-0.15, -0.1) is 0 Å². The fourth-order valence-electron chi connectivity index (χ4n) is 4.12. The molecule has 0 radical (unpaired) electrons. The number of hydrogen-bond donors (Lipinski definition) is 2. The summed E-state index contributed by atoms with van der Waals surface area (Å²) in [6.45, 7) is 3.95. The average molecular weight is 444 g/mol. The van der Waals surface area contributed by atoms with Gasteiger partial charge in [0.05, 0.1) is 11.8 Å². The molecule has 2 aliphatic heterocycles. The van der Waals surface area contributed by atoms with Crippen molar-refractivity contribution in [1.29, 1.82) is 0 Å². The van der Waals surface area contributed by atoms with Crippen LogP contribution in [-0.4, -0.2) is 62.3 Å². The number of aliphatic imine (C=N–C) groups is 2. The molecule has 2 aromatic rings. The zero-order chi connectivity index (χ0) is 21.1. The number of fused-ring (bicyclic) bond motifs is 2. The number of nitrogens with one attached hydrogen (secondary N) is 1. The fourth-order valence-corrected chi connectivity index (χ4v) is 4.51. The van der Waals surface area contributed by atoms with Crippen LogP contribution in [0.25, 0.3) is 0 Å². The average Bonchev–Trinajstić information content (AvgIpc) is 2.72. The van der Waals surface area contributed by atoms with Crippen LogP contribution in [0.5, 0.6) is 0 Å². The predicted octanol–water partition coefficient (Wildman–Crippen LogP) is 3.19. The number of rotatable bonds is 6. The summed E-state index contributed by atoms with van der Waals surface area (Å²) in [7, 11) is 2.09. The Balaban J connectivity index is 1.31. The molecule has 1 unspecified atom stereocenters. The first kappa shape index (κ1) is 21.3. The molecular weight excluding hydrogens is 417 g/mol. The van der Waals surface area contributed by atoms with Crippen molar-refractivity contribution in [1.82, 2.24) is 10.2 Å². The van der Waals surface area contributed by atoms with Gasteiger partial charge in [-0.2, -0.15) is 0 Å². The maximum Gasteiger partial charge on any atom is 0.128 e. The lowest BCUT2D eigenvalue weighted by molar-refractivity contribution is 0.335. The number of amidine groups is 1. The van der Waals surface area contributed by atoms with Gasteiger partial charge in [-0.05, 0) is 61.3 Å². The van der Waals surface area contributed by atoms with E-state index in [2.05, 4.69) is 22.3 Å². The molecule has 3 N–H and O–H groups in total. The number of benzene rings is 2. The van der Waals surface area contributed by atoms with E-state index in [0.717, 1.165) is 78.3 Å². The summed E-state index contributed by atoms with van der Waals surface area (Å²) < 4.78 is 0. The van der Waals surface area contributed by atoms with Gasteiger partial charge in [0.25, 0.3) is 0 Å². The Bertz CT molecular complexity index is 986. The molecule has 1 atom stereocenters. The minimum Gasteiger partial charge on any atom is -0.369 e. The van der Waals surface area contributed by atoms with Gasteiger partial charge >= 0.3 is 0 Å². The lowest BCUT2D eigenvalue weighted by Gasteiger charge is -2.26. The smallest absolute Gasteiger partial charge is 0.128 e. The van der Waals surface area contributed by atoms with Crippen LogP contribution in [0.1, 0.15) is 22.3 Å². The van der Waals surface area contributed by atoms with Crippen LogP contribution >= 0.6 is 23.2 Å². The summed E-state index contributed by atoms with van der Waals surface area (Å²) in [6, 6.07) is 11.9. The first-order chi connectivity index (χ1) is 14.5. The maximum atomic E-state index is 6.53. The highest BCUT2D eigenvalue weighted by atomic mass is 35.5. The molecule has 5 nitrogen and oxygen atoms in total. The van der Waals surface area contributed by atoms with E-state index < -0.39 is 0 Å². The van der Waals surface area contributed by atoms with Crippen molar-refractivity contribution in [2.45, 2.75) is 18.9 Å². The number of likely N-dealkylation sites (N-methyl/N-ethyl adjacent to an activating group) is 1. The van der Waals surface area contributed by atoms with Crippen molar-refractivity contribution in [3.8, 4) is 0 Å². The molecule has 7 heteroatoms. The Morgan fingerprint density at radius 1 is 1.00 bits per heavy atom. The highest BCUT2D eigenvalue weighted by Crippen LogP contribution is 2.22. The monoisotopic (exact) mass is 443 g/mol. The van der Waals surface area contributed by atoms with Gasteiger partial charge < -0.3 is 16.0 Å². The number of nitrogens with zero attached hydrogens (tertiary/aromatic N) is 3. The standard InChI is InChI=1S/C23H27Cl2N5/c1-30(11-10-29-23-20-5-3-18(25)13-16(20)7-9-28-23)14-21(26)22-19-4-2-17(24)12-15(19)6-8-27-22/h2-5,12-13,21H,6-11,14,26H2,1H3,(H,28,29). The molecule has 0 bridgehead atoms. The number of halogens is 2. The second-order valence-corrected chi connectivity index (χ2v) is 8.77. The van der Waals surface area contributed by atoms with Crippen LogP contribution in [0.2, 0.25) is 10.0 Å². The molecule has 0 fully saturated rings. The Labute approximate surface area is 188 Å². The quantitative estimate of drug-likeness (QED) is 0.720. The zero-order valence-corrected chi connectivity index (χ0v) is 18.7. The molecule has 0 saturated carbocycles. The van der Waals surface area contributed by atoms with Crippen molar-refractivity contribution < 1.29 is 0 Å². The van der Waals surface area contributed by atoms with E-state index in [9.17, 15) is 0 Å². The van der Waals surface area contributed by atoms with Crippen molar-refractivity contribution in [3.63, 3.8) is 0 Å². The van der Waals surface area contributed by atoms with Gasteiger partial charge in [0.15, 0.2) is 0 Å². The van der Waals surface area contributed by atoms with Crippen molar-refractivity contribution in [3.05, 3.63) is 68.7 Å². The third-order valence-corrected chi connectivity index (χ3v) is 6.10. The largest absolute Gasteiger partial charge is 0.369 e. The number of hydrogen-bond acceptors (Lipinski definition) is 5. The summed E-state index contributed by atoms with van der Waals surface area (Å²) in [5.41, 5.74) is 12.3. The van der Waals surface area contributed by atoms with Crippen molar-refractivity contribution in [2.75, 3.05) is 39.8 Å². The maximum absolute atomic E-state index is 6.53. The topological polar surface area (TPSA) is 66.0 Å². The normalized spacial score (nSPS) is 16.4. The van der Waals surface area contributed by atoms with Crippen LogP contribution in [0.4, 0.5) is 0 Å². The second kappa shape index (κ2) is 9.48. The molecule has 0 saturated heterocycles. The molecule has 0 aromatic heterocycles. The molecular formula is C23H27Cl2N5. The minimum absolute atomic E-state index is 0.134. The van der Waals surface area contributed by atoms with E-state index in [4.69, 9.17) is 33.9 Å². The fraction of sp³-hybridized carbons (Fsp3) is 0.391. The van der Waals surface area contributed by atoms with Gasteiger partial charge in [-0.1, -0.05) is 29.3 Å². The molecule has 0 amide bonds. The van der Waals surface area contributed by atoms with Crippen LogP contribution < -0.4 is 11.1 Å². The molecule has 0 aliphatic carbocycles. The lowest BCUT2D eigenvalue weighted by atomic mass is 9.93. The highest BCUT2D eigenvalue weighted by molar-refractivity contribution is 6.31. The summed E-state index contributed by atoms with van der Waals surface area (Å²) in [5, 5.41) is 5.02. The van der Waals surface area contributed by atoms with Crippen LogP contribution in [0.3, 0.4) is 0 Å². The molecule has 0 spiro atoms. The summed E-state index contributed by atoms with van der Waals surface area (Å²) in [4.78, 5) is 11.6. The molecule has 30 heavy (non-hydrogen) atoms. The van der Waals surface area contributed by atoms with Crippen molar-refractivity contribution in [2.24, 2.45) is 15.7 Å². The van der Waals surface area contributed by atoms with Gasteiger partial charge in [-0.25, -0.2) is 0 Å². The zero-order valence-electron chi connectivity index (χ0n) is 17.2. The Hall–Kier alpha value is -1.92. The summed E-state index contributed by atoms with van der Waals surface area (Å²) in [5.74, 6) is 0.952. The summed E-state index contributed by atoms with van der Waals surface area (Å²) in [6.07, 6.45) is 1.85. The van der Waals surface area contributed by atoms with Crippen LogP contribution in [-0.2, 0) is 12.8 Å². The minimum atomic E-state index is -0.134. The van der Waals surface area contributed by atoms with E-state index in [1.54, 1.807) is 0 Å². The Kier molecular flexibility index (Phi) is 6.74. The van der Waals surface area contributed by atoms with Gasteiger partial charge in [-0.3, -0.25) is 9.98 Å². The third kappa shape index (κ3) is 4.86. The second-order valence-electron chi connectivity index (χ2n) is 7.90. The predicted molar refractivity (Wildman–Crippen MR) is 127 cm³/mol. The van der Waals surface area contributed by atoms with E-state index in [-0.39, 0.29) is 6.04 Å². The Morgan fingerprint density at radius 2 is 1.63 bits per heavy atom. The van der Waals surface area contributed by atoms with Gasteiger partial charge in [0.2, 0.25) is 0 Å². The molecule has 4 rings (SSSR count). The first-order valence-electron chi connectivity index (χ1n) is 10.4. The Morgan fingerprint density at radius 3 is 2.37 bits per heavy atom. The third-order valence-electron chi connectivity index (χ3n) is 5.63.